The first kappa shape index (κ1) is 17.4. The molecule has 0 aromatic heterocycles. The number of benzene rings is 1. The van der Waals surface area contributed by atoms with Gasteiger partial charge in [0.1, 0.15) is 0 Å². The van der Waals surface area contributed by atoms with Gasteiger partial charge in [0.2, 0.25) is 10.0 Å². The van der Waals surface area contributed by atoms with E-state index in [2.05, 4.69) is 4.72 Å². The Kier molecular flexibility index (Phi) is 5.61. The first-order chi connectivity index (χ1) is 9.01. The zero-order valence-corrected chi connectivity index (χ0v) is 13.8. The average Bonchev–Trinajstić information content (AvgIpc) is 2.27. The number of halogens is 1. The van der Waals surface area contributed by atoms with Gasteiger partial charge >= 0.3 is 0 Å². The highest BCUT2D eigenvalue weighted by molar-refractivity contribution is 7.89. The summed E-state index contributed by atoms with van der Waals surface area (Å²) in [6, 6.07) is 4.71. The van der Waals surface area contributed by atoms with Crippen molar-refractivity contribution < 1.29 is 13.5 Å². The summed E-state index contributed by atoms with van der Waals surface area (Å²) in [5, 5.41) is 10.2. The molecule has 114 valence electrons. The summed E-state index contributed by atoms with van der Waals surface area (Å²) in [4.78, 5) is 0.146. The van der Waals surface area contributed by atoms with Gasteiger partial charge in [-0.3, -0.25) is 0 Å². The van der Waals surface area contributed by atoms with Crippen molar-refractivity contribution in [2.45, 2.75) is 45.1 Å². The van der Waals surface area contributed by atoms with E-state index in [0.29, 0.717) is 17.0 Å². The van der Waals surface area contributed by atoms with Crippen LogP contribution in [0.5, 0.6) is 0 Å². The van der Waals surface area contributed by atoms with Crippen LogP contribution < -0.4 is 4.72 Å². The minimum absolute atomic E-state index is 0.00838. The molecule has 0 saturated heterocycles. The van der Waals surface area contributed by atoms with Gasteiger partial charge in [-0.1, -0.05) is 38.4 Å². The van der Waals surface area contributed by atoms with Gasteiger partial charge in [0.05, 0.1) is 11.0 Å². The monoisotopic (exact) mass is 319 g/mol. The molecule has 0 bridgehead atoms. The lowest BCUT2D eigenvalue weighted by Crippen LogP contribution is -2.34. The van der Waals surface area contributed by atoms with Crippen LogP contribution in [0.1, 0.15) is 32.8 Å². The normalized spacial score (nSPS) is 14.3. The third-order valence-corrected chi connectivity index (χ3v) is 4.60. The molecule has 1 atom stereocenters. The number of aliphatic hydroxyl groups is 1. The molecule has 1 rings (SSSR count). The Labute approximate surface area is 126 Å². The third kappa shape index (κ3) is 5.40. The Morgan fingerprint density at radius 1 is 1.35 bits per heavy atom. The zero-order valence-electron chi connectivity index (χ0n) is 12.3. The fraction of sp³-hybridized carbons (Fsp3) is 0.571. The van der Waals surface area contributed by atoms with Crippen molar-refractivity contribution in [2.24, 2.45) is 5.41 Å². The number of aliphatic hydroxyl groups excluding tert-OH is 1. The lowest BCUT2D eigenvalue weighted by molar-refractivity contribution is 0.125. The van der Waals surface area contributed by atoms with Crippen molar-refractivity contribution in [1.82, 2.24) is 4.72 Å². The maximum atomic E-state index is 12.2. The molecule has 0 heterocycles. The van der Waals surface area contributed by atoms with Gasteiger partial charge in [0.15, 0.2) is 0 Å². The Morgan fingerprint density at radius 3 is 2.50 bits per heavy atom. The van der Waals surface area contributed by atoms with Gasteiger partial charge in [-0.05, 0) is 36.5 Å². The fourth-order valence-corrected chi connectivity index (χ4v) is 3.50. The molecule has 6 heteroatoms. The van der Waals surface area contributed by atoms with Crippen molar-refractivity contribution >= 4 is 21.6 Å². The van der Waals surface area contributed by atoms with Crippen molar-refractivity contribution in [2.75, 3.05) is 6.54 Å². The van der Waals surface area contributed by atoms with Crippen LogP contribution in [0, 0.1) is 12.3 Å². The van der Waals surface area contributed by atoms with E-state index < -0.39 is 16.1 Å². The number of rotatable bonds is 5. The highest BCUT2D eigenvalue weighted by Gasteiger charge is 2.21. The molecule has 0 radical (unpaired) electrons. The summed E-state index contributed by atoms with van der Waals surface area (Å²) in [5.74, 6) is 0. The first-order valence-electron chi connectivity index (χ1n) is 6.45. The standard InChI is InChI=1S/C14H22ClNO3S/c1-10-5-6-11(15)7-13(10)20(18,19)16-9-12(17)8-14(2,3)4/h5-7,12,16-17H,8-9H2,1-4H3. The number of sulfonamides is 1. The molecule has 2 N–H and O–H groups in total. The Balaban J connectivity index is 2.78. The van der Waals surface area contributed by atoms with Crippen LogP contribution in [0.15, 0.2) is 23.1 Å². The van der Waals surface area contributed by atoms with Crippen molar-refractivity contribution in [3.05, 3.63) is 28.8 Å². The number of hydrogen-bond donors (Lipinski definition) is 2. The van der Waals surface area contributed by atoms with Crippen LogP contribution in [-0.2, 0) is 10.0 Å². The van der Waals surface area contributed by atoms with Crippen LogP contribution >= 0.6 is 11.6 Å². The van der Waals surface area contributed by atoms with Gasteiger partial charge in [0, 0.05) is 11.6 Å². The largest absolute Gasteiger partial charge is 0.392 e. The average molecular weight is 320 g/mol. The second kappa shape index (κ2) is 6.43. The van der Waals surface area contributed by atoms with Crippen molar-refractivity contribution in [3.8, 4) is 0 Å². The molecule has 0 spiro atoms. The first-order valence-corrected chi connectivity index (χ1v) is 8.31. The molecule has 4 nitrogen and oxygen atoms in total. The summed E-state index contributed by atoms with van der Waals surface area (Å²) in [6.45, 7) is 7.67. The zero-order chi connectivity index (χ0) is 15.6. The Morgan fingerprint density at radius 2 is 1.95 bits per heavy atom. The number of hydrogen-bond acceptors (Lipinski definition) is 3. The van der Waals surface area contributed by atoms with Crippen LogP contribution in [0.4, 0.5) is 0 Å². The van der Waals surface area contributed by atoms with Gasteiger partial charge in [-0.15, -0.1) is 0 Å². The van der Waals surface area contributed by atoms with E-state index in [0.717, 1.165) is 0 Å². The molecule has 0 saturated carbocycles. The molecule has 20 heavy (non-hydrogen) atoms. The van der Waals surface area contributed by atoms with Crippen LogP contribution in [-0.4, -0.2) is 26.2 Å². The van der Waals surface area contributed by atoms with E-state index >= 15 is 0 Å². The molecular weight excluding hydrogens is 298 g/mol. The Hall–Kier alpha value is -0.620. The molecule has 1 unspecified atom stereocenters. The van der Waals surface area contributed by atoms with E-state index in [1.807, 2.05) is 20.8 Å². The highest BCUT2D eigenvalue weighted by Crippen LogP contribution is 2.22. The van der Waals surface area contributed by atoms with Crippen molar-refractivity contribution in [1.29, 1.82) is 0 Å². The quantitative estimate of drug-likeness (QED) is 0.877. The minimum atomic E-state index is -3.66. The molecule has 1 aromatic carbocycles. The van der Waals surface area contributed by atoms with E-state index in [-0.39, 0.29) is 16.9 Å². The molecule has 0 fully saturated rings. The maximum Gasteiger partial charge on any atom is 0.240 e. The fourth-order valence-electron chi connectivity index (χ4n) is 1.93. The molecular formula is C14H22ClNO3S. The van der Waals surface area contributed by atoms with Gasteiger partial charge in [0.25, 0.3) is 0 Å². The van der Waals surface area contributed by atoms with Crippen LogP contribution in [0.3, 0.4) is 0 Å². The predicted molar refractivity (Wildman–Crippen MR) is 81.5 cm³/mol. The van der Waals surface area contributed by atoms with E-state index in [9.17, 15) is 13.5 Å². The molecule has 0 aliphatic rings. The second-order valence-corrected chi connectivity index (χ2v) is 8.35. The third-order valence-electron chi connectivity index (χ3n) is 2.80. The van der Waals surface area contributed by atoms with Crippen LogP contribution in [0.2, 0.25) is 5.02 Å². The summed E-state index contributed by atoms with van der Waals surface area (Å²) >= 11 is 5.83. The smallest absolute Gasteiger partial charge is 0.240 e. The number of nitrogens with one attached hydrogen (secondary N) is 1. The SMILES string of the molecule is Cc1ccc(Cl)cc1S(=O)(=O)NCC(O)CC(C)(C)C. The topological polar surface area (TPSA) is 66.4 Å². The maximum absolute atomic E-state index is 12.2. The molecule has 0 aliphatic heterocycles. The number of aryl methyl sites for hydroxylation is 1. The second-order valence-electron chi connectivity index (χ2n) is 6.18. The van der Waals surface area contributed by atoms with Gasteiger partial charge in [-0.25, -0.2) is 13.1 Å². The summed E-state index contributed by atoms with van der Waals surface area (Å²) in [7, 11) is -3.66. The molecule has 1 aromatic rings. The highest BCUT2D eigenvalue weighted by atomic mass is 35.5. The molecule has 0 aliphatic carbocycles. The van der Waals surface area contributed by atoms with E-state index in [4.69, 9.17) is 11.6 Å². The van der Waals surface area contributed by atoms with Crippen LogP contribution in [0.25, 0.3) is 0 Å². The Bertz CT molecular complexity index is 564. The summed E-state index contributed by atoms with van der Waals surface area (Å²) in [6.07, 6.45) is -0.200. The summed E-state index contributed by atoms with van der Waals surface area (Å²) in [5.41, 5.74) is 0.559. The van der Waals surface area contributed by atoms with E-state index in [1.54, 1.807) is 19.1 Å². The summed E-state index contributed by atoms with van der Waals surface area (Å²) < 4.78 is 26.8. The van der Waals surface area contributed by atoms with E-state index in [1.165, 1.54) is 6.07 Å². The lowest BCUT2D eigenvalue weighted by atomic mass is 9.89. The van der Waals surface area contributed by atoms with Gasteiger partial charge in [-0.2, -0.15) is 0 Å². The lowest BCUT2D eigenvalue weighted by Gasteiger charge is -2.22. The van der Waals surface area contributed by atoms with Crippen molar-refractivity contribution in [3.63, 3.8) is 0 Å². The predicted octanol–water partition coefficient (Wildman–Crippen LogP) is 2.72. The van der Waals surface area contributed by atoms with Gasteiger partial charge < -0.3 is 5.11 Å². The minimum Gasteiger partial charge on any atom is -0.392 e. The molecule has 0 amide bonds.